The second-order valence-corrected chi connectivity index (χ2v) is 6.13. The largest absolute Gasteiger partial charge is 0.330 e. The van der Waals surface area contributed by atoms with Gasteiger partial charge in [0, 0.05) is 13.1 Å². The van der Waals surface area contributed by atoms with Crippen LogP contribution in [0.3, 0.4) is 0 Å². The van der Waals surface area contributed by atoms with E-state index in [1.54, 1.807) is 0 Å². The summed E-state index contributed by atoms with van der Waals surface area (Å²) >= 11 is 0. The molecule has 0 radical (unpaired) electrons. The molecule has 1 unspecified atom stereocenters. The van der Waals surface area contributed by atoms with Gasteiger partial charge in [-0.05, 0) is 55.7 Å². The van der Waals surface area contributed by atoms with Crippen molar-refractivity contribution >= 4 is 0 Å². The molecule has 2 N–H and O–H groups in total. The summed E-state index contributed by atoms with van der Waals surface area (Å²) in [6, 6.07) is 10.8. The average Bonchev–Trinajstić information content (AvgIpc) is 3.21. The molecule has 1 saturated carbocycles. The third-order valence-corrected chi connectivity index (χ3v) is 4.92. The van der Waals surface area contributed by atoms with Gasteiger partial charge >= 0.3 is 0 Å². The standard InChI is InChI=1S/C16H24N2/c17-13-16(8-9-16)15-7-4-10-18(12-15)11-14-5-2-1-3-6-14/h1-3,5-6,15H,4,7-13,17H2. The van der Waals surface area contributed by atoms with E-state index >= 15 is 0 Å². The Labute approximate surface area is 110 Å². The highest BCUT2D eigenvalue weighted by Gasteiger charge is 2.48. The first-order chi connectivity index (χ1) is 8.82. The highest BCUT2D eigenvalue weighted by Crippen LogP contribution is 2.53. The Hall–Kier alpha value is -0.860. The van der Waals surface area contributed by atoms with Gasteiger partial charge in [0.15, 0.2) is 0 Å². The molecule has 0 amide bonds. The third-order valence-electron chi connectivity index (χ3n) is 4.92. The van der Waals surface area contributed by atoms with Gasteiger partial charge in [-0.25, -0.2) is 0 Å². The lowest BCUT2D eigenvalue weighted by atomic mass is 9.82. The molecule has 1 aromatic rings. The molecule has 2 heteroatoms. The minimum Gasteiger partial charge on any atom is -0.330 e. The van der Waals surface area contributed by atoms with Crippen molar-refractivity contribution in [3.05, 3.63) is 35.9 Å². The van der Waals surface area contributed by atoms with Gasteiger partial charge in [-0.3, -0.25) is 4.90 Å². The number of benzene rings is 1. The Bertz CT molecular complexity index is 383. The zero-order valence-corrected chi connectivity index (χ0v) is 11.1. The van der Waals surface area contributed by atoms with Crippen molar-refractivity contribution in [3.63, 3.8) is 0 Å². The summed E-state index contributed by atoms with van der Waals surface area (Å²) in [6.07, 6.45) is 5.47. The first-order valence-electron chi connectivity index (χ1n) is 7.29. The zero-order valence-electron chi connectivity index (χ0n) is 11.1. The molecule has 98 valence electrons. The molecule has 0 spiro atoms. The minimum absolute atomic E-state index is 0.523. The minimum atomic E-state index is 0.523. The van der Waals surface area contributed by atoms with E-state index in [1.807, 2.05) is 0 Å². The second-order valence-electron chi connectivity index (χ2n) is 6.13. The highest BCUT2D eigenvalue weighted by molar-refractivity contribution is 5.14. The number of nitrogens with zero attached hydrogens (tertiary/aromatic N) is 1. The van der Waals surface area contributed by atoms with Crippen LogP contribution in [0.1, 0.15) is 31.2 Å². The summed E-state index contributed by atoms with van der Waals surface area (Å²) in [5.41, 5.74) is 7.94. The number of piperidine rings is 1. The average molecular weight is 244 g/mol. The Balaban J connectivity index is 1.61. The van der Waals surface area contributed by atoms with Crippen molar-refractivity contribution in [1.82, 2.24) is 4.90 Å². The van der Waals surface area contributed by atoms with Crippen molar-refractivity contribution in [2.24, 2.45) is 17.1 Å². The SMILES string of the molecule is NCC1(C2CCCN(Cc3ccccc3)C2)CC1. The smallest absolute Gasteiger partial charge is 0.0233 e. The Kier molecular flexibility index (Phi) is 3.40. The van der Waals surface area contributed by atoms with Crippen molar-refractivity contribution < 1.29 is 0 Å². The van der Waals surface area contributed by atoms with E-state index in [0.717, 1.165) is 19.0 Å². The number of likely N-dealkylation sites (tertiary alicyclic amines) is 1. The maximum absolute atomic E-state index is 5.98. The molecule has 1 saturated heterocycles. The Morgan fingerprint density at radius 3 is 2.67 bits per heavy atom. The predicted molar refractivity (Wildman–Crippen MR) is 75.2 cm³/mol. The molecule has 2 aliphatic rings. The summed E-state index contributed by atoms with van der Waals surface area (Å²) in [5, 5.41) is 0. The van der Waals surface area contributed by atoms with Crippen molar-refractivity contribution in [2.45, 2.75) is 32.2 Å². The fourth-order valence-corrected chi connectivity index (χ4v) is 3.48. The molecule has 1 aromatic carbocycles. The first kappa shape index (κ1) is 12.2. The summed E-state index contributed by atoms with van der Waals surface area (Å²) in [5.74, 6) is 0.847. The van der Waals surface area contributed by atoms with E-state index < -0.39 is 0 Å². The van der Waals surface area contributed by atoms with Crippen molar-refractivity contribution in [3.8, 4) is 0 Å². The first-order valence-corrected chi connectivity index (χ1v) is 7.29. The molecule has 3 rings (SSSR count). The fraction of sp³-hybridized carbons (Fsp3) is 0.625. The summed E-state index contributed by atoms with van der Waals surface area (Å²) in [4.78, 5) is 2.62. The van der Waals surface area contributed by atoms with Gasteiger partial charge < -0.3 is 5.73 Å². The van der Waals surface area contributed by atoms with Crippen LogP contribution in [0.15, 0.2) is 30.3 Å². The van der Waals surface area contributed by atoms with Gasteiger partial charge in [0.2, 0.25) is 0 Å². The molecule has 0 aromatic heterocycles. The molecule has 18 heavy (non-hydrogen) atoms. The van der Waals surface area contributed by atoms with Crippen LogP contribution in [0.4, 0.5) is 0 Å². The summed E-state index contributed by atoms with van der Waals surface area (Å²) in [7, 11) is 0. The number of hydrogen-bond donors (Lipinski definition) is 1. The van der Waals surface area contributed by atoms with Crippen LogP contribution in [0.5, 0.6) is 0 Å². The number of rotatable bonds is 4. The second kappa shape index (κ2) is 5.02. The monoisotopic (exact) mass is 244 g/mol. The number of hydrogen-bond acceptors (Lipinski definition) is 2. The fourth-order valence-electron chi connectivity index (χ4n) is 3.48. The quantitative estimate of drug-likeness (QED) is 0.882. The lowest BCUT2D eigenvalue weighted by molar-refractivity contribution is 0.120. The molecular formula is C16H24N2. The van der Waals surface area contributed by atoms with E-state index in [4.69, 9.17) is 5.73 Å². The van der Waals surface area contributed by atoms with E-state index in [-0.39, 0.29) is 0 Å². The van der Waals surface area contributed by atoms with Gasteiger partial charge in [0.25, 0.3) is 0 Å². The lowest BCUT2D eigenvalue weighted by Crippen LogP contribution is -2.40. The van der Waals surface area contributed by atoms with E-state index in [2.05, 4.69) is 35.2 Å². The van der Waals surface area contributed by atoms with Gasteiger partial charge in [-0.2, -0.15) is 0 Å². The van der Waals surface area contributed by atoms with E-state index in [1.165, 1.54) is 44.3 Å². The number of nitrogens with two attached hydrogens (primary N) is 1. The maximum atomic E-state index is 5.98. The van der Waals surface area contributed by atoms with Crippen LogP contribution < -0.4 is 5.73 Å². The van der Waals surface area contributed by atoms with Crippen LogP contribution in [0.2, 0.25) is 0 Å². The van der Waals surface area contributed by atoms with Gasteiger partial charge in [0.05, 0.1) is 0 Å². The van der Waals surface area contributed by atoms with Crippen LogP contribution in [-0.2, 0) is 6.54 Å². The van der Waals surface area contributed by atoms with Crippen LogP contribution in [0.25, 0.3) is 0 Å². The Morgan fingerprint density at radius 1 is 1.22 bits per heavy atom. The van der Waals surface area contributed by atoms with Crippen LogP contribution >= 0.6 is 0 Å². The van der Waals surface area contributed by atoms with Crippen molar-refractivity contribution in [2.75, 3.05) is 19.6 Å². The maximum Gasteiger partial charge on any atom is 0.0233 e. The lowest BCUT2D eigenvalue weighted by Gasteiger charge is -2.37. The molecule has 2 nitrogen and oxygen atoms in total. The normalized spacial score (nSPS) is 27.1. The van der Waals surface area contributed by atoms with E-state index in [9.17, 15) is 0 Å². The predicted octanol–water partition coefficient (Wildman–Crippen LogP) is 2.64. The molecule has 2 fully saturated rings. The third kappa shape index (κ3) is 2.45. The van der Waals surface area contributed by atoms with E-state index in [0.29, 0.717) is 5.41 Å². The summed E-state index contributed by atoms with van der Waals surface area (Å²) in [6.45, 7) is 4.52. The molecular weight excluding hydrogens is 220 g/mol. The van der Waals surface area contributed by atoms with Crippen molar-refractivity contribution in [1.29, 1.82) is 0 Å². The van der Waals surface area contributed by atoms with Crippen LogP contribution in [0, 0.1) is 11.3 Å². The zero-order chi connectivity index (χ0) is 12.4. The molecule has 1 aliphatic heterocycles. The molecule has 0 bridgehead atoms. The Morgan fingerprint density at radius 2 is 2.00 bits per heavy atom. The van der Waals surface area contributed by atoms with Gasteiger partial charge in [-0.1, -0.05) is 30.3 Å². The topological polar surface area (TPSA) is 29.3 Å². The summed E-state index contributed by atoms with van der Waals surface area (Å²) < 4.78 is 0. The molecule has 1 heterocycles. The van der Waals surface area contributed by atoms with Crippen LogP contribution in [-0.4, -0.2) is 24.5 Å². The van der Waals surface area contributed by atoms with Gasteiger partial charge in [0.1, 0.15) is 0 Å². The highest BCUT2D eigenvalue weighted by atomic mass is 15.1. The molecule has 1 aliphatic carbocycles. The molecule has 1 atom stereocenters. The van der Waals surface area contributed by atoms with Gasteiger partial charge in [-0.15, -0.1) is 0 Å².